The van der Waals surface area contributed by atoms with Gasteiger partial charge in [-0.25, -0.2) is 4.79 Å². The SMILES string of the molecule is CCCC1CC1NC(=O)N1CCC(C)CC1. The molecule has 2 unspecified atom stereocenters. The van der Waals surface area contributed by atoms with Gasteiger partial charge in [0.05, 0.1) is 0 Å². The maximum Gasteiger partial charge on any atom is 0.317 e. The number of hydrogen-bond acceptors (Lipinski definition) is 1. The molecule has 1 aliphatic heterocycles. The molecule has 2 rings (SSSR count). The maximum absolute atomic E-state index is 11.9. The number of nitrogens with one attached hydrogen (secondary N) is 1. The molecule has 0 spiro atoms. The van der Waals surface area contributed by atoms with Gasteiger partial charge in [0.15, 0.2) is 0 Å². The van der Waals surface area contributed by atoms with E-state index in [1.165, 1.54) is 19.3 Å². The molecule has 1 N–H and O–H groups in total. The number of piperidine rings is 1. The molecule has 0 radical (unpaired) electrons. The summed E-state index contributed by atoms with van der Waals surface area (Å²) < 4.78 is 0. The van der Waals surface area contributed by atoms with Crippen LogP contribution in [0.2, 0.25) is 0 Å². The van der Waals surface area contributed by atoms with Gasteiger partial charge in [-0.2, -0.15) is 0 Å². The van der Waals surface area contributed by atoms with Crippen molar-refractivity contribution < 1.29 is 4.79 Å². The van der Waals surface area contributed by atoms with Gasteiger partial charge in [0.25, 0.3) is 0 Å². The summed E-state index contributed by atoms with van der Waals surface area (Å²) >= 11 is 0. The first-order valence-corrected chi connectivity index (χ1v) is 6.76. The maximum atomic E-state index is 11.9. The zero-order valence-corrected chi connectivity index (χ0v) is 10.5. The number of hydrogen-bond donors (Lipinski definition) is 1. The topological polar surface area (TPSA) is 32.3 Å². The molecule has 3 nitrogen and oxygen atoms in total. The monoisotopic (exact) mass is 224 g/mol. The number of urea groups is 1. The molecule has 0 aromatic heterocycles. The van der Waals surface area contributed by atoms with Crippen LogP contribution in [0.5, 0.6) is 0 Å². The van der Waals surface area contributed by atoms with Crippen molar-refractivity contribution in [3.63, 3.8) is 0 Å². The summed E-state index contributed by atoms with van der Waals surface area (Å²) in [4.78, 5) is 13.9. The third-order valence-electron chi connectivity index (χ3n) is 3.96. The van der Waals surface area contributed by atoms with Crippen LogP contribution < -0.4 is 5.32 Å². The summed E-state index contributed by atoms with van der Waals surface area (Å²) in [5.74, 6) is 1.55. The first-order chi connectivity index (χ1) is 7.70. The Hall–Kier alpha value is -0.730. The lowest BCUT2D eigenvalue weighted by Crippen LogP contribution is -2.45. The lowest BCUT2D eigenvalue weighted by atomic mass is 10.00. The van der Waals surface area contributed by atoms with Crippen LogP contribution in [0.25, 0.3) is 0 Å². The molecule has 3 heteroatoms. The molecule has 2 fully saturated rings. The Labute approximate surface area is 98.6 Å². The van der Waals surface area contributed by atoms with Crippen molar-refractivity contribution >= 4 is 6.03 Å². The lowest BCUT2D eigenvalue weighted by molar-refractivity contribution is 0.173. The predicted molar refractivity (Wildman–Crippen MR) is 65.3 cm³/mol. The van der Waals surface area contributed by atoms with Crippen molar-refractivity contribution in [3.8, 4) is 0 Å². The summed E-state index contributed by atoms with van der Waals surface area (Å²) in [6.07, 6.45) is 6.02. The zero-order chi connectivity index (χ0) is 11.5. The normalized spacial score (nSPS) is 30.2. The van der Waals surface area contributed by atoms with Gasteiger partial charge >= 0.3 is 6.03 Å². The van der Waals surface area contributed by atoms with Gasteiger partial charge in [-0.05, 0) is 37.5 Å². The molecule has 16 heavy (non-hydrogen) atoms. The Morgan fingerprint density at radius 3 is 2.69 bits per heavy atom. The fourth-order valence-corrected chi connectivity index (χ4v) is 2.58. The minimum Gasteiger partial charge on any atom is -0.335 e. The van der Waals surface area contributed by atoms with E-state index < -0.39 is 0 Å². The molecule has 2 atom stereocenters. The molecule has 0 aromatic carbocycles. The van der Waals surface area contributed by atoms with Gasteiger partial charge in [-0.1, -0.05) is 20.3 Å². The fourth-order valence-electron chi connectivity index (χ4n) is 2.58. The first-order valence-electron chi connectivity index (χ1n) is 6.76. The van der Waals surface area contributed by atoms with Gasteiger partial charge < -0.3 is 10.2 Å². The van der Waals surface area contributed by atoms with Crippen molar-refractivity contribution in [3.05, 3.63) is 0 Å². The van der Waals surface area contributed by atoms with Gasteiger partial charge in [0.1, 0.15) is 0 Å². The Morgan fingerprint density at radius 1 is 1.38 bits per heavy atom. The highest BCUT2D eigenvalue weighted by Crippen LogP contribution is 2.34. The summed E-state index contributed by atoms with van der Waals surface area (Å²) in [5.41, 5.74) is 0. The van der Waals surface area contributed by atoms with E-state index in [4.69, 9.17) is 0 Å². The second-order valence-electron chi connectivity index (χ2n) is 5.51. The minimum absolute atomic E-state index is 0.176. The zero-order valence-electron chi connectivity index (χ0n) is 10.5. The minimum atomic E-state index is 0.176. The molecule has 1 heterocycles. The van der Waals surface area contributed by atoms with E-state index in [2.05, 4.69) is 19.2 Å². The quantitative estimate of drug-likeness (QED) is 0.785. The second-order valence-corrected chi connectivity index (χ2v) is 5.51. The van der Waals surface area contributed by atoms with Crippen LogP contribution in [0.3, 0.4) is 0 Å². The van der Waals surface area contributed by atoms with Gasteiger partial charge in [0, 0.05) is 19.1 Å². The van der Waals surface area contributed by atoms with Gasteiger partial charge in [-0.15, -0.1) is 0 Å². The standard InChI is InChI=1S/C13H24N2O/c1-3-4-11-9-12(11)14-13(16)15-7-5-10(2)6-8-15/h10-12H,3-9H2,1-2H3,(H,14,16). The van der Waals surface area contributed by atoms with Crippen LogP contribution >= 0.6 is 0 Å². The van der Waals surface area contributed by atoms with Crippen LogP contribution in [0.1, 0.15) is 46.0 Å². The van der Waals surface area contributed by atoms with Crippen LogP contribution in [-0.2, 0) is 0 Å². The smallest absolute Gasteiger partial charge is 0.317 e. The van der Waals surface area contributed by atoms with E-state index in [0.29, 0.717) is 6.04 Å². The number of carbonyl (C=O) groups excluding carboxylic acids is 1. The number of likely N-dealkylation sites (tertiary alicyclic amines) is 1. The molecule has 1 saturated heterocycles. The van der Waals surface area contributed by atoms with E-state index in [-0.39, 0.29) is 6.03 Å². The average Bonchev–Trinajstić information content (AvgIpc) is 2.98. The third-order valence-corrected chi connectivity index (χ3v) is 3.96. The van der Waals surface area contributed by atoms with Crippen molar-refractivity contribution in [2.45, 2.75) is 52.0 Å². The van der Waals surface area contributed by atoms with E-state index in [0.717, 1.165) is 37.8 Å². The van der Waals surface area contributed by atoms with Gasteiger partial charge in [0.2, 0.25) is 0 Å². The highest BCUT2D eigenvalue weighted by Gasteiger charge is 2.38. The Balaban J connectivity index is 1.69. The number of amides is 2. The second kappa shape index (κ2) is 5.07. The number of rotatable bonds is 3. The van der Waals surface area contributed by atoms with E-state index in [1.54, 1.807) is 0 Å². The highest BCUT2D eigenvalue weighted by molar-refractivity contribution is 5.75. The molecule has 1 aliphatic carbocycles. The first kappa shape index (κ1) is 11.7. The molecule has 92 valence electrons. The van der Waals surface area contributed by atoms with Crippen molar-refractivity contribution in [2.75, 3.05) is 13.1 Å². The Morgan fingerprint density at radius 2 is 2.06 bits per heavy atom. The van der Waals surface area contributed by atoms with E-state index >= 15 is 0 Å². The lowest BCUT2D eigenvalue weighted by Gasteiger charge is -2.30. The Kier molecular flexibility index (Phi) is 3.72. The summed E-state index contributed by atoms with van der Waals surface area (Å²) in [5, 5.41) is 3.16. The number of carbonyl (C=O) groups is 1. The van der Waals surface area contributed by atoms with Crippen LogP contribution in [0.15, 0.2) is 0 Å². The molecular formula is C13H24N2O. The average molecular weight is 224 g/mol. The fraction of sp³-hybridized carbons (Fsp3) is 0.923. The van der Waals surface area contributed by atoms with Crippen LogP contribution in [-0.4, -0.2) is 30.1 Å². The van der Waals surface area contributed by atoms with Crippen LogP contribution in [0.4, 0.5) is 4.79 Å². The number of nitrogens with zero attached hydrogens (tertiary/aromatic N) is 1. The summed E-state index contributed by atoms with van der Waals surface area (Å²) in [7, 11) is 0. The summed E-state index contributed by atoms with van der Waals surface area (Å²) in [6, 6.07) is 0.655. The van der Waals surface area contributed by atoms with Crippen molar-refractivity contribution in [1.82, 2.24) is 10.2 Å². The van der Waals surface area contributed by atoms with E-state index in [1.807, 2.05) is 4.90 Å². The van der Waals surface area contributed by atoms with Crippen molar-refractivity contribution in [1.29, 1.82) is 0 Å². The van der Waals surface area contributed by atoms with E-state index in [9.17, 15) is 4.79 Å². The molecule has 0 aromatic rings. The highest BCUT2D eigenvalue weighted by atomic mass is 16.2. The molecule has 0 bridgehead atoms. The van der Waals surface area contributed by atoms with Gasteiger partial charge in [-0.3, -0.25) is 0 Å². The molecule has 2 aliphatic rings. The third kappa shape index (κ3) is 2.89. The molecule has 1 saturated carbocycles. The molecule has 2 amide bonds. The van der Waals surface area contributed by atoms with Crippen molar-refractivity contribution in [2.24, 2.45) is 11.8 Å². The van der Waals surface area contributed by atoms with Crippen LogP contribution in [0, 0.1) is 11.8 Å². The Bertz CT molecular complexity index is 246. The predicted octanol–water partition coefficient (Wildman–Crippen LogP) is 2.62. The molecular weight excluding hydrogens is 200 g/mol. The summed E-state index contributed by atoms with van der Waals surface area (Å²) in [6.45, 7) is 6.37. The largest absolute Gasteiger partial charge is 0.335 e.